The number of nitrogens with one attached hydrogen (secondary N) is 1. The van der Waals surface area contributed by atoms with Crippen molar-refractivity contribution in [3.8, 4) is 16.4 Å². The molecule has 0 amide bonds. The number of pyridine rings is 1. The van der Waals surface area contributed by atoms with Crippen LogP contribution in [0.15, 0.2) is 36.0 Å². The summed E-state index contributed by atoms with van der Waals surface area (Å²) < 4.78 is 2.48. The first-order valence-corrected chi connectivity index (χ1v) is 6.68. The van der Waals surface area contributed by atoms with E-state index in [2.05, 4.69) is 15.2 Å². The normalized spacial score (nSPS) is 10.7. The van der Waals surface area contributed by atoms with Gasteiger partial charge in [0.15, 0.2) is 10.6 Å². The SMILES string of the molecule is Cc1cncc(-n2c(-c3cccs3)n[nH]c2=S)c1. The van der Waals surface area contributed by atoms with Gasteiger partial charge in [0, 0.05) is 6.20 Å². The molecule has 0 saturated heterocycles. The molecule has 0 aliphatic rings. The smallest absolute Gasteiger partial charge is 0.200 e. The second-order valence-electron chi connectivity index (χ2n) is 3.89. The lowest BCUT2D eigenvalue weighted by Gasteiger charge is -2.05. The summed E-state index contributed by atoms with van der Waals surface area (Å²) in [5, 5.41) is 9.15. The maximum atomic E-state index is 5.29. The highest BCUT2D eigenvalue weighted by atomic mass is 32.1. The fourth-order valence-corrected chi connectivity index (χ4v) is 2.71. The zero-order chi connectivity index (χ0) is 12.5. The Morgan fingerprint density at radius 1 is 1.39 bits per heavy atom. The van der Waals surface area contributed by atoms with Crippen molar-refractivity contribution in [2.24, 2.45) is 0 Å². The van der Waals surface area contributed by atoms with Crippen molar-refractivity contribution in [2.75, 3.05) is 0 Å². The summed E-state index contributed by atoms with van der Waals surface area (Å²) in [5.74, 6) is 0.822. The van der Waals surface area contributed by atoms with Crippen LogP contribution in [0.1, 0.15) is 5.56 Å². The molecule has 0 aliphatic carbocycles. The lowest BCUT2D eigenvalue weighted by Crippen LogP contribution is -1.98. The molecule has 1 N–H and O–H groups in total. The predicted molar refractivity (Wildman–Crippen MR) is 74.6 cm³/mol. The number of aromatic amines is 1. The van der Waals surface area contributed by atoms with Crippen molar-refractivity contribution in [1.82, 2.24) is 19.7 Å². The number of aromatic nitrogens is 4. The van der Waals surface area contributed by atoms with Gasteiger partial charge in [-0.1, -0.05) is 6.07 Å². The first-order valence-electron chi connectivity index (χ1n) is 5.39. The Kier molecular flexibility index (Phi) is 2.81. The van der Waals surface area contributed by atoms with E-state index in [1.165, 1.54) is 0 Å². The first-order chi connectivity index (χ1) is 8.75. The quantitative estimate of drug-likeness (QED) is 0.729. The summed E-state index contributed by atoms with van der Waals surface area (Å²) in [6.45, 7) is 2.00. The highest BCUT2D eigenvalue weighted by Crippen LogP contribution is 2.25. The Hall–Kier alpha value is -1.79. The Balaban J connectivity index is 2.24. The van der Waals surface area contributed by atoms with Gasteiger partial charge in [-0.25, -0.2) is 0 Å². The van der Waals surface area contributed by atoms with Crippen LogP contribution in [0.25, 0.3) is 16.4 Å². The highest BCUT2D eigenvalue weighted by Gasteiger charge is 2.11. The average Bonchev–Trinajstić information content (AvgIpc) is 2.97. The Morgan fingerprint density at radius 3 is 3.00 bits per heavy atom. The molecule has 0 spiro atoms. The van der Waals surface area contributed by atoms with Crippen LogP contribution in [0.4, 0.5) is 0 Å². The number of H-pyrrole nitrogens is 1. The van der Waals surface area contributed by atoms with E-state index in [9.17, 15) is 0 Å². The van der Waals surface area contributed by atoms with Crippen molar-refractivity contribution in [3.63, 3.8) is 0 Å². The lowest BCUT2D eigenvalue weighted by molar-refractivity contribution is 1.02. The molecule has 90 valence electrons. The molecule has 0 radical (unpaired) electrons. The molecule has 0 aromatic carbocycles. The molecule has 3 aromatic heterocycles. The monoisotopic (exact) mass is 274 g/mol. The molecular formula is C12H10N4S2. The second kappa shape index (κ2) is 4.47. The van der Waals surface area contributed by atoms with Gasteiger partial charge in [0.05, 0.1) is 16.8 Å². The van der Waals surface area contributed by atoms with Gasteiger partial charge in [0.25, 0.3) is 0 Å². The van der Waals surface area contributed by atoms with Crippen molar-refractivity contribution >= 4 is 23.6 Å². The van der Waals surface area contributed by atoms with Crippen LogP contribution in [-0.4, -0.2) is 19.7 Å². The Morgan fingerprint density at radius 2 is 2.28 bits per heavy atom. The van der Waals surface area contributed by atoms with E-state index in [1.54, 1.807) is 17.5 Å². The van der Waals surface area contributed by atoms with Gasteiger partial charge in [-0.15, -0.1) is 11.3 Å². The van der Waals surface area contributed by atoms with Crippen molar-refractivity contribution in [2.45, 2.75) is 6.92 Å². The van der Waals surface area contributed by atoms with Crippen LogP contribution in [0.2, 0.25) is 0 Å². The van der Waals surface area contributed by atoms with Gasteiger partial charge in [0.1, 0.15) is 0 Å². The zero-order valence-corrected chi connectivity index (χ0v) is 11.3. The maximum absolute atomic E-state index is 5.29. The molecule has 4 nitrogen and oxygen atoms in total. The van der Waals surface area contributed by atoms with Crippen LogP contribution in [0.5, 0.6) is 0 Å². The maximum Gasteiger partial charge on any atom is 0.200 e. The molecule has 18 heavy (non-hydrogen) atoms. The summed E-state index contributed by atoms with van der Waals surface area (Å²) in [6.07, 6.45) is 3.60. The second-order valence-corrected chi connectivity index (χ2v) is 5.22. The molecule has 0 unspecified atom stereocenters. The fraction of sp³-hybridized carbons (Fsp3) is 0.0833. The third-order valence-corrected chi connectivity index (χ3v) is 3.67. The number of rotatable bonds is 2. The first kappa shape index (κ1) is 11.3. The third-order valence-electron chi connectivity index (χ3n) is 2.53. The Labute approximate surface area is 113 Å². The van der Waals surface area contributed by atoms with Gasteiger partial charge >= 0.3 is 0 Å². The summed E-state index contributed by atoms with van der Waals surface area (Å²) >= 11 is 6.93. The third kappa shape index (κ3) is 1.89. The number of aryl methyl sites for hydroxylation is 1. The van der Waals surface area contributed by atoms with Crippen LogP contribution >= 0.6 is 23.6 Å². The molecule has 6 heteroatoms. The molecule has 0 aliphatic heterocycles. The van der Waals surface area contributed by atoms with Crippen LogP contribution < -0.4 is 0 Å². The molecule has 3 heterocycles. The largest absolute Gasteiger partial charge is 0.266 e. The molecule has 0 saturated carbocycles. The van der Waals surface area contributed by atoms with Crippen LogP contribution in [0, 0.1) is 11.7 Å². The van der Waals surface area contributed by atoms with Crippen molar-refractivity contribution in [3.05, 3.63) is 46.3 Å². The van der Waals surface area contributed by atoms with E-state index in [4.69, 9.17) is 12.2 Å². The van der Waals surface area contributed by atoms with Crippen molar-refractivity contribution in [1.29, 1.82) is 0 Å². The molecule has 3 aromatic rings. The van der Waals surface area contributed by atoms with E-state index in [-0.39, 0.29) is 0 Å². The number of hydrogen-bond donors (Lipinski definition) is 1. The highest BCUT2D eigenvalue weighted by molar-refractivity contribution is 7.71. The van der Waals surface area contributed by atoms with Gasteiger partial charge in [-0.3, -0.25) is 14.6 Å². The lowest BCUT2D eigenvalue weighted by atomic mass is 10.3. The Bertz CT molecular complexity index is 725. The average molecular weight is 274 g/mol. The van der Waals surface area contributed by atoms with Crippen molar-refractivity contribution < 1.29 is 0 Å². The van der Waals surface area contributed by atoms with Crippen LogP contribution in [-0.2, 0) is 0 Å². The predicted octanol–water partition coefficient (Wildman–Crippen LogP) is 3.36. The standard InChI is InChI=1S/C12H10N4S2/c1-8-5-9(7-13-6-8)16-11(14-15-12(16)17)10-3-2-4-18-10/h2-7H,1H3,(H,15,17). The van der Waals surface area contributed by atoms with E-state index in [0.717, 1.165) is 22.0 Å². The zero-order valence-electron chi connectivity index (χ0n) is 9.62. The number of nitrogens with zero attached hydrogens (tertiary/aromatic N) is 3. The van der Waals surface area contributed by atoms with E-state index in [0.29, 0.717) is 4.77 Å². The van der Waals surface area contributed by atoms with E-state index < -0.39 is 0 Å². The van der Waals surface area contributed by atoms with E-state index in [1.807, 2.05) is 41.3 Å². The fourth-order valence-electron chi connectivity index (χ4n) is 1.77. The van der Waals surface area contributed by atoms with Gasteiger partial charge < -0.3 is 0 Å². The minimum absolute atomic E-state index is 0.575. The van der Waals surface area contributed by atoms with Gasteiger partial charge in [-0.05, 0) is 42.2 Å². The molecule has 0 fully saturated rings. The minimum Gasteiger partial charge on any atom is -0.266 e. The minimum atomic E-state index is 0.575. The molecule has 0 atom stereocenters. The summed E-state index contributed by atoms with van der Waals surface area (Å²) in [7, 11) is 0. The van der Waals surface area contributed by atoms with E-state index >= 15 is 0 Å². The molecule has 3 rings (SSSR count). The molecular weight excluding hydrogens is 264 g/mol. The number of thiophene rings is 1. The van der Waals surface area contributed by atoms with Gasteiger partial charge in [0.2, 0.25) is 0 Å². The van der Waals surface area contributed by atoms with Gasteiger partial charge in [-0.2, -0.15) is 5.10 Å². The topological polar surface area (TPSA) is 46.5 Å². The summed E-state index contributed by atoms with van der Waals surface area (Å²) in [5.41, 5.74) is 2.02. The summed E-state index contributed by atoms with van der Waals surface area (Å²) in [6, 6.07) is 6.06. The molecule has 0 bridgehead atoms. The van der Waals surface area contributed by atoms with Crippen LogP contribution in [0.3, 0.4) is 0 Å². The summed E-state index contributed by atoms with van der Waals surface area (Å²) in [4.78, 5) is 5.27. The number of hydrogen-bond acceptors (Lipinski definition) is 4.